The summed E-state index contributed by atoms with van der Waals surface area (Å²) in [5, 5.41) is 7.30. The van der Waals surface area contributed by atoms with Crippen LogP contribution >= 0.6 is 0 Å². The van der Waals surface area contributed by atoms with Crippen LogP contribution in [0.2, 0.25) is 0 Å². The summed E-state index contributed by atoms with van der Waals surface area (Å²) in [5.41, 5.74) is 5.76. The lowest BCUT2D eigenvalue weighted by molar-refractivity contribution is 0.207. The number of hydrogen-bond acceptors (Lipinski definition) is 5. The molecule has 1 aromatic heterocycles. The van der Waals surface area contributed by atoms with E-state index >= 15 is 0 Å². The van der Waals surface area contributed by atoms with Crippen LogP contribution in [0.15, 0.2) is 52.7 Å². The van der Waals surface area contributed by atoms with E-state index in [1.165, 1.54) is 5.56 Å². The second-order valence-electron chi connectivity index (χ2n) is 7.62. The van der Waals surface area contributed by atoms with E-state index in [0.29, 0.717) is 18.3 Å². The van der Waals surface area contributed by atoms with Gasteiger partial charge in [0.05, 0.1) is 18.7 Å². The van der Waals surface area contributed by atoms with Crippen molar-refractivity contribution in [1.82, 2.24) is 20.4 Å². The fraction of sp³-hybridized carbons (Fsp3) is 0.292. The molecule has 0 radical (unpaired) electrons. The van der Waals surface area contributed by atoms with Crippen molar-refractivity contribution < 1.29 is 14.1 Å². The minimum absolute atomic E-state index is 0.137. The highest BCUT2D eigenvalue weighted by atomic mass is 16.5. The Kier molecular flexibility index (Phi) is 5.50. The summed E-state index contributed by atoms with van der Waals surface area (Å²) >= 11 is 0. The number of aromatic nitrogens is 2. The minimum Gasteiger partial charge on any atom is -0.497 e. The first-order chi connectivity index (χ1) is 14.9. The van der Waals surface area contributed by atoms with Gasteiger partial charge in [-0.3, -0.25) is 4.90 Å². The fourth-order valence-electron chi connectivity index (χ4n) is 3.82. The molecule has 1 aliphatic rings. The number of hydrogen-bond donors (Lipinski definition) is 1. The molecular formula is C24H26N4O3. The van der Waals surface area contributed by atoms with Gasteiger partial charge in [-0.15, -0.1) is 0 Å². The smallest absolute Gasteiger partial charge is 0.322 e. The maximum Gasteiger partial charge on any atom is 0.322 e. The lowest BCUT2D eigenvalue weighted by atomic mass is 9.92. The highest BCUT2D eigenvalue weighted by Crippen LogP contribution is 2.37. The molecule has 0 fully saturated rings. The van der Waals surface area contributed by atoms with Gasteiger partial charge in [0.15, 0.2) is 0 Å². The molecule has 0 spiro atoms. The molecule has 2 aromatic carbocycles. The second kappa shape index (κ2) is 8.26. The number of benzene rings is 2. The van der Waals surface area contributed by atoms with Gasteiger partial charge in [-0.05, 0) is 68.7 Å². The van der Waals surface area contributed by atoms with Crippen LogP contribution in [-0.4, -0.2) is 34.7 Å². The second-order valence-corrected chi connectivity index (χ2v) is 7.62. The summed E-state index contributed by atoms with van der Waals surface area (Å²) < 4.78 is 10.9. The number of rotatable bonds is 5. The molecule has 2 amide bonds. The number of allylic oxidation sites excluding steroid dienone is 1. The Hall–Kier alpha value is -3.61. The van der Waals surface area contributed by atoms with Crippen LogP contribution in [-0.2, 0) is 0 Å². The van der Waals surface area contributed by atoms with E-state index in [1.807, 2.05) is 44.2 Å². The summed E-state index contributed by atoms with van der Waals surface area (Å²) in [5.74, 6) is 1.64. The highest BCUT2D eigenvalue weighted by Gasteiger charge is 2.35. The Morgan fingerprint density at radius 2 is 1.84 bits per heavy atom. The lowest BCUT2D eigenvalue weighted by Crippen LogP contribution is -2.45. The third-order valence-electron chi connectivity index (χ3n) is 5.78. The monoisotopic (exact) mass is 418 g/mol. The van der Waals surface area contributed by atoms with Gasteiger partial charge in [0.1, 0.15) is 5.75 Å². The van der Waals surface area contributed by atoms with Gasteiger partial charge >= 0.3 is 6.03 Å². The molecule has 7 heteroatoms. The van der Waals surface area contributed by atoms with Crippen molar-refractivity contribution in [2.45, 2.75) is 33.7 Å². The molecule has 4 rings (SSSR count). The van der Waals surface area contributed by atoms with Crippen LogP contribution in [0.5, 0.6) is 5.75 Å². The number of nitrogens with zero attached hydrogens (tertiary/aromatic N) is 3. The number of methoxy groups -OCH3 is 1. The van der Waals surface area contributed by atoms with Crippen LogP contribution < -0.4 is 10.1 Å². The number of nitrogens with one attached hydrogen (secondary N) is 1. The van der Waals surface area contributed by atoms with E-state index in [4.69, 9.17) is 9.26 Å². The first-order valence-electron chi connectivity index (χ1n) is 10.3. The number of aryl methyl sites for hydroxylation is 2. The standard InChI is InChI=1S/C24H26N4O3/c1-6-28-16(4)20(21(25-24(28)29)18-8-7-14(2)15(3)13-18)23-26-22(27-31-23)17-9-11-19(30-5)12-10-17/h7-13,21H,6H2,1-5H3,(H,25,29). The molecule has 1 N–H and O–H groups in total. The van der Waals surface area contributed by atoms with Gasteiger partial charge in [0.2, 0.25) is 5.82 Å². The topological polar surface area (TPSA) is 80.5 Å². The van der Waals surface area contributed by atoms with Gasteiger partial charge < -0.3 is 14.6 Å². The molecule has 2 heterocycles. The normalized spacial score (nSPS) is 16.5. The van der Waals surface area contributed by atoms with Crippen molar-refractivity contribution in [3.8, 4) is 17.1 Å². The van der Waals surface area contributed by atoms with Crippen molar-refractivity contribution in [3.63, 3.8) is 0 Å². The van der Waals surface area contributed by atoms with Crippen molar-refractivity contribution in [2.75, 3.05) is 13.7 Å². The quantitative estimate of drug-likeness (QED) is 0.639. The maximum absolute atomic E-state index is 12.7. The molecular weight excluding hydrogens is 392 g/mol. The van der Waals surface area contributed by atoms with Crippen LogP contribution in [0.4, 0.5) is 4.79 Å². The van der Waals surface area contributed by atoms with Gasteiger partial charge in [-0.2, -0.15) is 4.98 Å². The van der Waals surface area contributed by atoms with E-state index in [2.05, 4.69) is 41.4 Å². The predicted octanol–water partition coefficient (Wildman–Crippen LogP) is 4.88. The predicted molar refractivity (Wildman–Crippen MR) is 118 cm³/mol. The summed E-state index contributed by atoms with van der Waals surface area (Å²) in [4.78, 5) is 19.1. The molecule has 1 atom stereocenters. The Morgan fingerprint density at radius 1 is 1.10 bits per heavy atom. The third kappa shape index (κ3) is 3.79. The summed E-state index contributed by atoms with van der Waals surface area (Å²) in [7, 11) is 1.63. The maximum atomic E-state index is 12.7. The molecule has 1 aliphatic heterocycles. The zero-order valence-electron chi connectivity index (χ0n) is 18.4. The molecule has 0 bridgehead atoms. The highest BCUT2D eigenvalue weighted by molar-refractivity contribution is 5.86. The van der Waals surface area contributed by atoms with Crippen molar-refractivity contribution in [1.29, 1.82) is 0 Å². The molecule has 0 saturated heterocycles. The Balaban J connectivity index is 1.79. The first kappa shape index (κ1) is 20.7. The minimum atomic E-state index is -0.376. The van der Waals surface area contributed by atoms with E-state index in [-0.39, 0.29) is 12.1 Å². The van der Waals surface area contributed by atoms with Crippen molar-refractivity contribution in [2.24, 2.45) is 0 Å². The summed E-state index contributed by atoms with van der Waals surface area (Å²) in [6.07, 6.45) is 0. The number of carbonyl (C=O) groups is 1. The first-order valence-corrected chi connectivity index (χ1v) is 10.3. The van der Waals surface area contributed by atoms with Crippen LogP contribution in [0, 0.1) is 13.8 Å². The average Bonchev–Trinajstić information content (AvgIpc) is 3.25. The van der Waals surface area contributed by atoms with Crippen molar-refractivity contribution in [3.05, 3.63) is 70.7 Å². The zero-order valence-corrected chi connectivity index (χ0v) is 18.4. The zero-order chi connectivity index (χ0) is 22.1. The Labute approximate surface area is 181 Å². The van der Waals surface area contributed by atoms with Crippen molar-refractivity contribution >= 4 is 11.6 Å². The largest absolute Gasteiger partial charge is 0.497 e. The third-order valence-corrected chi connectivity index (χ3v) is 5.78. The van der Waals surface area contributed by atoms with Crippen LogP contribution in [0.1, 0.15) is 42.5 Å². The molecule has 3 aromatic rings. The van der Waals surface area contributed by atoms with Crippen LogP contribution in [0.3, 0.4) is 0 Å². The fourth-order valence-corrected chi connectivity index (χ4v) is 3.82. The molecule has 31 heavy (non-hydrogen) atoms. The number of amides is 2. The van der Waals surface area contributed by atoms with E-state index < -0.39 is 0 Å². The van der Waals surface area contributed by atoms with Crippen LogP contribution in [0.25, 0.3) is 17.0 Å². The van der Waals surface area contributed by atoms with E-state index in [1.54, 1.807) is 12.0 Å². The lowest BCUT2D eigenvalue weighted by Gasteiger charge is -2.34. The number of carbonyl (C=O) groups excluding carboxylic acids is 1. The molecule has 1 unspecified atom stereocenters. The molecule has 7 nitrogen and oxygen atoms in total. The van der Waals surface area contributed by atoms with E-state index in [0.717, 1.165) is 33.7 Å². The summed E-state index contributed by atoms with van der Waals surface area (Å²) in [6, 6.07) is 13.2. The van der Waals surface area contributed by atoms with Gasteiger partial charge in [-0.1, -0.05) is 23.4 Å². The molecule has 0 saturated carbocycles. The van der Waals surface area contributed by atoms with E-state index in [9.17, 15) is 4.79 Å². The molecule has 160 valence electrons. The SMILES string of the molecule is CCN1C(=O)NC(c2ccc(C)c(C)c2)C(c2nc(-c3ccc(OC)cc3)no2)=C1C. The van der Waals surface area contributed by atoms with Gasteiger partial charge in [-0.25, -0.2) is 4.79 Å². The molecule has 0 aliphatic carbocycles. The average molecular weight is 418 g/mol. The Morgan fingerprint density at radius 3 is 2.48 bits per heavy atom. The summed E-state index contributed by atoms with van der Waals surface area (Å²) in [6.45, 7) is 8.53. The number of ether oxygens (including phenoxy) is 1. The number of urea groups is 1. The van der Waals surface area contributed by atoms with Gasteiger partial charge in [0.25, 0.3) is 5.89 Å². The van der Waals surface area contributed by atoms with Gasteiger partial charge in [0, 0.05) is 17.8 Å². The Bertz CT molecular complexity index is 1150.